The lowest BCUT2D eigenvalue weighted by Gasteiger charge is -2.31. The Labute approximate surface area is 173 Å². The minimum atomic E-state index is -2.05. The molecule has 1 atom stereocenters. The summed E-state index contributed by atoms with van der Waals surface area (Å²) < 4.78 is 9.63. The Balaban J connectivity index is 2.31. The van der Waals surface area contributed by atoms with Gasteiger partial charge in [-0.15, -0.1) is 0 Å². The lowest BCUT2D eigenvalue weighted by atomic mass is 10.2. The minimum Gasteiger partial charge on any atom is -0.272 e. The van der Waals surface area contributed by atoms with E-state index in [9.17, 15) is 0 Å². The Hall–Kier alpha value is -1.87. The smallest absolute Gasteiger partial charge is 0.0822 e. The zero-order chi connectivity index (χ0) is 20.5. The van der Waals surface area contributed by atoms with E-state index < -0.39 is 7.21 Å². The number of benzene rings is 2. The van der Waals surface area contributed by atoms with Crippen LogP contribution in [0.1, 0.15) is 23.9 Å². The van der Waals surface area contributed by atoms with Crippen molar-refractivity contribution in [3.8, 4) is 5.69 Å². The monoisotopic (exact) mass is 414 g/mol. The maximum absolute atomic E-state index is 6.61. The van der Waals surface area contributed by atoms with E-state index in [1.165, 1.54) is 5.30 Å². The maximum atomic E-state index is 6.61. The van der Waals surface area contributed by atoms with Crippen molar-refractivity contribution >= 4 is 29.8 Å². The Morgan fingerprint density at radius 3 is 2.32 bits per heavy atom. The van der Waals surface area contributed by atoms with Gasteiger partial charge in [0, 0.05) is 0 Å². The van der Waals surface area contributed by atoms with Crippen molar-refractivity contribution in [3.63, 3.8) is 0 Å². The number of aryl methyl sites for hydroxylation is 2. The lowest BCUT2D eigenvalue weighted by Crippen LogP contribution is -2.23. The molecule has 0 aliphatic rings. The van der Waals surface area contributed by atoms with Crippen LogP contribution < -0.4 is 5.30 Å². The molecule has 0 saturated heterocycles. The molecule has 3 rings (SSSR count). The predicted octanol–water partition coefficient (Wildman–Crippen LogP) is 6.11. The van der Waals surface area contributed by atoms with Gasteiger partial charge in [-0.25, -0.2) is 9.43 Å². The fourth-order valence-electron chi connectivity index (χ4n) is 3.71. The fourth-order valence-corrected chi connectivity index (χ4v) is 7.34. The molecular formula is C22H28ClN4P. The van der Waals surface area contributed by atoms with Gasteiger partial charge in [0.15, 0.2) is 0 Å². The van der Waals surface area contributed by atoms with Crippen LogP contribution in [0.25, 0.3) is 5.69 Å². The number of halogens is 1. The Morgan fingerprint density at radius 1 is 1.04 bits per heavy atom. The molecule has 3 aromatic rings. The third-order valence-corrected chi connectivity index (χ3v) is 9.77. The number of hydrogen-bond donors (Lipinski definition) is 0. The highest BCUT2D eigenvalue weighted by Gasteiger charge is 2.31. The SMILES string of the molecule is CCP(=Nc1cccc(C)c1Cl)(c1c(C)nn(-c2ccccc2)c1C)N(C)C. The number of hydrogen-bond acceptors (Lipinski definition) is 2. The first-order valence-corrected chi connectivity index (χ1v) is 11.7. The highest BCUT2D eigenvalue weighted by atomic mass is 35.5. The van der Waals surface area contributed by atoms with Crippen molar-refractivity contribution in [2.75, 3.05) is 20.3 Å². The molecule has 1 aromatic heterocycles. The van der Waals surface area contributed by atoms with Crippen LogP contribution in [0.2, 0.25) is 5.02 Å². The highest BCUT2D eigenvalue weighted by Crippen LogP contribution is 2.54. The van der Waals surface area contributed by atoms with Gasteiger partial charge < -0.3 is 0 Å². The van der Waals surface area contributed by atoms with Crippen molar-refractivity contribution in [2.45, 2.75) is 27.7 Å². The summed E-state index contributed by atoms with van der Waals surface area (Å²) in [6.45, 7) is 8.46. The van der Waals surface area contributed by atoms with Crippen LogP contribution in [0, 0.1) is 20.8 Å². The summed E-state index contributed by atoms with van der Waals surface area (Å²) in [6, 6.07) is 16.3. The Kier molecular flexibility index (Phi) is 6.14. The first kappa shape index (κ1) is 20.9. The second-order valence-corrected chi connectivity index (χ2v) is 11.1. The van der Waals surface area contributed by atoms with Crippen LogP contribution >= 0.6 is 18.8 Å². The molecule has 0 N–H and O–H groups in total. The normalized spacial score (nSPS) is 13.6. The van der Waals surface area contributed by atoms with Crippen LogP contribution in [-0.4, -0.2) is 34.7 Å². The zero-order valence-electron chi connectivity index (χ0n) is 17.4. The minimum absolute atomic E-state index is 0.730. The van der Waals surface area contributed by atoms with E-state index in [4.69, 9.17) is 21.4 Å². The first-order valence-electron chi connectivity index (χ1n) is 9.48. The highest BCUT2D eigenvalue weighted by molar-refractivity contribution is 7.71. The second-order valence-electron chi connectivity index (χ2n) is 7.17. The third-order valence-electron chi connectivity index (χ3n) is 5.16. The molecule has 0 saturated carbocycles. The third kappa shape index (κ3) is 3.57. The molecule has 0 fully saturated rings. The van der Waals surface area contributed by atoms with Gasteiger partial charge in [0.05, 0.1) is 40.3 Å². The van der Waals surface area contributed by atoms with Gasteiger partial charge >= 0.3 is 0 Å². The fraction of sp³-hybridized carbons (Fsp3) is 0.318. The van der Waals surface area contributed by atoms with Gasteiger partial charge in [0.1, 0.15) is 0 Å². The van der Waals surface area contributed by atoms with Gasteiger partial charge in [-0.2, -0.15) is 5.10 Å². The van der Waals surface area contributed by atoms with Crippen LogP contribution in [0.4, 0.5) is 5.69 Å². The average molecular weight is 415 g/mol. The number of rotatable bonds is 5. The standard InChI is InChI=1S/C22H28ClN4P/c1-7-28(26(5)6,25-20-15-11-12-16(2)21(20)23)22-17(3)24-27(18(22)4)19-13-9-8-10-14-19/h8-15H,7H2,1-6H3. The van der Waals surface area contributed by atoms with Gasteiger partial charge in [0.2, 0.25) is 0 Å². The van der Waals surface area contributed by atoms with Crippen molar-refractivity contribution in [2.24, 2.45) is 4.74 Å². The van der Waals surface area contributed by atoms with Crippen LogP contribution in [0.15, 0.2) is 53.3 Å². The van der Waals surface area contributed by atoms with E-state index in [0.29, 0.717) is 0 Å². The summed E-state index contributed by atoms with van der Waals surface area (Å²) in [5.41, 5.74) is 5.13. The van der Waals surface area contributed by atoms with Crippen LogP contribution in [-0.2, 0) is 0 Å². The molecular weight excluding hydrogens is 387 g/mol. The van der Waals surface area contributed by atoms with E-state index in [1.807, 2.05) is 48.0 Å². The average Bonchev–Trinajstić information content (AvgIpc) is 2.98. The second kappa shape index (κ2) is 8.24. The summed E-state index contributed by atoms with van der Waals surface area (Å²) in [5.74, 6) is 0. The molecule has 0 aliphatic heterocycles. The van der Waals surface area contributed by atoms with E-state index in [-0.39, 0.29) is 0 Å². The van der Waals surface area contributed by atoms with Crippen molar-refractivity contribution in [3.05, 3.63) is 70.5 Å². The molecule has 6 heteroatoms. The summed E-state index contributed by atoms with van der Waals surface area (Å²) in [7, 11) is 2.17. The van der Waals surface area contributed by atoms with Gasteiger partial charge in [0.25, 0.3) is 0 Å². The van der Waals surface area contributed by atoms with Gasteiger partial charge in [-0.3, -0.25) is 4.67 Å². The summed E-state index contributed by atoms with van der Waals surface area (Å²) in [6.07, 6.45) is 0.909. The summed E-state index contributed by atoms with van der Waals surface area (Å²) in [5, 5.41) is 6.85. The Morgan fingerprint density at radius 2 is 1.71 bits per heavy atom. The lowest BCUT2D eigenvalue weighted by molar-refractivity contribution is 0.673. The largest absolute Gasteiger partial charge is 0.272 e. The maximum Gasteiger partial charge on any atom is 0.0822 e. The van der Waals surface area contributed by atoms with Crippen LogP contribution in [0.5, 0.6) is 0 Å². The quantitative estimate of drug-likeness (QED) is 0.472. The van der Waals surface area contributed by atoms with E-state index in [2.05, 4.69) is 51.7 Å². The molecule has 1 heterocycles. The molecule has 0 spiro atoms. The zero-order valence-corrected chi connectivity index (χ0v) is 19.1. The van der Waals surface area contributed by atoms with Gasteiger partial charge in [-0.1, -0.05) is 48.9 Å². The molecule has 0 bridgehead atoms. The number of aromatic nitrogens is 2. The van der Waals surface area contributed by atoms with Crippen molar-refractivity contribution in [1.29, 1.82) is 0 Å². The number of para-hydroxylation sites is 1. The van der Waals surface area contributed by atoms with E-state index in [0.717, 1.165) is 39.5 Å². The predicted molar refractivity (Wildman–Crippen MR) is 122 cm³/mol. The molecule has 4 nitrogen and oxygen atoms in total. The molecule has 148 valence electrons. The van der Waals surface area contributed by atoms with Crippen LogP contribution in [0.3, 0.4) is 0 Å². The van der Waals surface area contributed by atoms with Gasteiger partial charge in [-0.05, 0) is 64.8 Å². The molecule has 28 heavy (non-hydrogen) atoms. The Bertz CT molecular complexity index is 1040. The molecule has 1 unspecified atom stereocenters. The molecule has 0 radical (unpaired) electrons. The number of nitrogens with zero attached hydrogens (tertiary/aromatic N) is 4. The van der Waals surface area contributed by atoms with E-state index in [1.54, 1.807) is 0 Å². The topological polar surface area (TPSA) is 33.4 Å². The van der Waals surface area contributed by atoms with Crippen molar-refractivity contribution < 1.29 is 0 Å². The summed E-state index contributed by atoms with van der Waals surface area (Å²) >= 11 is 6.61. The summed E-state index contributed by atoms with van der Waals surface area (Å²) in [4.78, 5) is 0. The van der Waals surface area contributed by atoms with E-state index >= 15 is 0 Å². The van der Waals surface area contributed by atoms with Crippen molar-refractivity contribution in [1.82, 2.24) is 14.5 Å². The first-order chi connectivity index (χ1) is 13.3. The molecule has 0 amide bonds. The molecule has 0 aliphatic carbocycles. The molecule has 2 aromatic carbocycles.